The number of anilines is 1. The predicted octanol–water partition coefficient (Wildman–Crippen LogP) is 7.94. The fourth-order valence-corrected chi connectivity index (χ4v) is 6.81. The van der Waals surface area contributed by atoms with E-state index < -0.39 is 53.6 Å². The van der Waals surface area contributed by atoms with E-state index in [1.165, 1.54) is 18.9 Å². The van der Waals surface area contributed by atoms with Crippen LogP contribution < -0.4 is 9.64 Å². The molecule has 3 fully saturated rings. The number of benzene rings is 2. The van der Waals surface area contributed by atoms with E-state index in [0.717, 1.165) is 43.5 Å². The minimum Gasteiger partial charge on any atom is -0.496 e. The molecule has 3 aromatic rings. The summed E-state index contributed by atoms with van der Waals surface area (Å²) in [4.78, 5) is 21.5. The standard InChI is InChI=1S/C35H37F6N3O5/c1-19-32(23-14-24(34(36,37)38)17-25(15-23)35(39,40)41)49-33(46)44(19)18-28-26(6-8-30(42-28)43-9-4-10-43)27-16-21(5-7-29(27)47-2)22-11-20(12-22)13-31(45)48-3/h5-8,14-17,19-20,22,31-32,45H,4,9-13,18H2,1-3H3/t19-,20-,22-,31?,32-/m0/s1. The quantitative estimate of drug-likeness (QED) is 0.171. The first-order valence-corrected chi connectivity index (χ1v) is 16.1. The largest absolute Gasteiger partial charge is 0.496 e. The molecular weight excluding hydrogens is 656 g/mol. The second kappa shape index (κ2) is 13.3. The molecule has 2 aliphatic heterocycles. The van der Waals surface area contributed by atoms with E-state index in [0.29, 0.717) is 47.3 Å². The van der Waals surface area contributed by atoms with Crippen LogP contribution in [0.2, 0.25) is 0 Å². The second-order valence-corrected chi connectivity index (χ2v) is 12.9. The van der Waals surface area contributed by atoms with Crippen molar-refractivity contribution in [2.24, 2.45) is 5.92 Å². The summed E-state index contributed by atoms with van der Waals surface area (Å²) in [5.41, 5.74) is -0.443. The van der Waals surface area contributed by atoms with Gasteiger partial charge in [0.25, 0.3) is 0 Å². The fraction of sp³-hybridized carbons (Fsp3) is 0.486. The Bertz CT molecular complexity index is 1660. The molecule has 49 heavy (non-hydrogen) atoms. The molecule has 0 radical (unpaired) electrons. The molecule has 0 spiro atoms. The summed E-state index contributed by atoms with van der Waals surface area (Å²) in [5, 5.41) is 9.87. The van der Waals surface area contributed by atoms with Gasteiger partial charge in [0.15, 0.2) is 6.29 Å². The lowest BCUT2D eigenvalue weighted by Crippen LogP contribution is -2.38. The Morgan fingerprint density at radius 1 is 0.939 bits per heavy atom. The van der Waals surface area contributed by atoms with Crippen molar-refractivity contribution < 1.29 is 50.5 Å². The smallest absolute Gasteiger partial charge is 0.416 e. The number of hydrogen-bond donors (Lipinski definition) is 1. The zero-order valence-corrected chi connectivity index (χ0v) is 27.1. The van der Waals surface area contributed by atoms with Crippen molar-refractivity contribution in [1.82, 2.24) is 9.88 Å². The third-order valence-electron chi connectivity index (χ3n) is 9.82. The van der Waals surface area contributed by atoms with Gasteiger partial charge in [-0.05, 0) is 91.6 Å². The molecule has 0 bridgehead atoms. The average Bonchev–Trinajstić information content (AvgIpc) is 3.29. The number of carbonyl (C=O) groups excluding carboxylic acids is 1. The van der Waals surface area contributed by atoms with Crippen molar-refractivity contribution >= 4 is 11.9 Å². The van der Waals surface area contributed by atoms with Gasteiger partial charge in [-0.2, -0.15) is 26.3 Å². The maximum Gasteiger partial charge on any atom is 0.416 e. The van der Waals surface area contributed by atoms with Crippen molar-refractivity contribution in [3.8, 4) is 16.9 Å². The van der Waals surface area contributed by atoms with E-state index in [1.807, 2.05) is 30.3 Å². The number of methoxy groups -OCH3 is 2. The third-order valence-corrected chi connectivity index (χ3v) is 9.82. The van der Waals surface area contributed by atoms with Crippen LogP contribution in [0.4, 0.5) is 37.0 Å². The molecule has 8 nitrogen and oxygen atoms in total. The van der Waals surface area contributed by atoms with Gasteiger partial charge in [-0.15, -0.1) is 0 Å². The summed E-state index contributed by atoms with van der Waals surface area (Å²) in [6.07, 6.45) is -9.89. The maximum absolute atomic E-state index is 13.6. The van der Waals surface area contributed by atoms with Crippen molar-refractivity contribution in [2.45, 2.75) is 75.9 Å². The number of alkyl halides is 6. The first-order chi connectivity index (χ1) is 23.2. The summed E-state index contributed by atoms with van der Waals surface area (Å²) in [6.45, 7) is 3.00. The Labute approximate surface area is 279 Å². The highest BCUT2D eigenvalue weighted by molar-refractivity contribution is 5.76. The third kappa shape index (κ3) is 7.16. The van der Waals surface area contributed by atoms with Crippen LogP contribution in [0.5, 0.6) is 5.75 Å². The number of aromatic nitrogens is 1. The highest BCUT2D eigenvalue weighted by atomic mass is 19.4. The molecule has 1 aromatic heterocycles. The topological polar surface area (TPSA) is 84.4 Å². The molecule has 2 aromatic carbocycles. The molecule has 1 N–H and O–H groups in total. The SMILES string of the molecule is COc1ccc([C@H]2C[C@H](CC(O)OC)C2)cc1-c1ccc(N2CCC2)nc1CN1C(=O)O[C@H](c2cc(C(F)(F)F)cc(C(F)(F)F)c2)[C@@H]1C. The van der Waals surface area contributed by atoms with Gasteiger partial charge in [-0.3, -0.25) is 4.90 Å². The lowest BCUT2D eigenvalue weighted by Gasteiger charge is -2.37. The molecule has 1 saturated carbocycles. The number of ether oxygens (including phenoxy) is 3. The van der Waals surface area contributed by atoms with Crippen LogP contribution in [0.25, 0.3) is 11.1 Å². The van der Waals surface area contributed by atoms with Crippen LogP contribution in [-0.4, -0.2) is 60.7 Å². The van der Waals surface area contributed by atoms with E-state index in [2.05, 4.69) is 4.90 Å². The number of amides is 1. The van der Waals surface area contributed by atoms with Gasteiger partial charge in [-0.25, -0.2) is 9.78 Å². The van der Waals surface area contributed by atoms with Gasteiger partial charge >= 0.3 is 18.4 Å². The number of pyridine rings is 1. The molecule has 1 amide bonds. The summed E-state index contributed by atoms with van der Waals surface area (Å²) >= 11 is 0. The molecule has 1 aliphatic carbocycles. The minimum absolute atomic E-state index is 0.0500. The highest BCUT2D eigenvalue weighted by Crippen LogP contribution is 2.47. The molecule has 1 unspecified atom stereocenters. The van der Waals surface area contributed by atoms with E-state index in [9.17, 15) is 36.2 Å². The second-order valence-electron chi connectivity index (χ2n) is 12.9. The fourth-order valence-electron chi connectivity index (χ4n) is 6.81. The van der Waals surface area contributed by atoms with Crippen molar-refractivity contribution in [3.05, 3.63) is 76.5 Å². The Balaban J connectivity index is 1.33. The molecular formula is C35H37F6N3O5. The van der Waals surface area contributed by atoms with Crippen molar-refractivity contribution in [2.75, 3.05) is 32.2 Å². The summed E-state index contributed by atoms with van der Waals surface area (Å²) in [5.74, 6) is 1.81. The van der Waals surface area contributed by atoms with E-state index in [1.54, 1.807) is 7.11 Å². The highest BCUT2D eigenvalue weighted by Gasteiger charge is 2.44. The number of cyclic esters (lactones) is 1. The van der Waals surface area contributed by atoms with Gasteiger partial charge in [0.1, 0.15) is 17.7 Å². The molecule has 6 rings (SSSR count). The molecule has 14 heteroatoms. The number of hydrogen-bond acceptors (Lipinski definition) is 7. The normalized spacial score (nSPS) is 23.2. The van der Waals surface area contributed by atoms with Gasteiger partial charge in [0, 0.05) is 37.7 Å². The number of aliphatic hydroxyl groups excluding tert-OH is 1. The Kier molecular flexibility index (Phi) is 9.48. The average molecular weight is 694 g/mol. The van der Waals surface area contributed by atoms with E-state index >= 15 is 0 Å². The molecule has 3 atom stereocenters. The molecule has 3 heterocycles. The lowest BCUT2D eigenvalue weighted by atomic mass is 9.69. The van der Waals surface area contributed by atoms with Crippen LogP contribution in [0.15, 0.2) is 48.5 Å². The number of carbonyl (C=O) groups is 1. The first kappa shape index (κ1) is 34.8. The molecule has 2 saturated heterocycles. The van der Waals surface area contributed by atoms with E-state index in [4.69, 9.17) is 19.2 Å². The Morgan fingerprint density at radius 2 is 1.61 bits per heavy atom. The zero-order chi connectivity index (χ0) is 35.2. The summed E-state index contributed by atoms with van der Waals surface area (Å²) in [6, 6.07) is 9.96. The van der Waals surface area contributed by atoms with Gasteiger partial charge in [-0.1, -0.05) is 6.07 Å². The first-order valence-electron chi connectivity index (χ1n) is 16.1. The number of halogens is 6. The molecule has 264 valence electrons. The Hall–Kier alpha value is -4.04. The van der Waals surface area contributed by atoms with Crippen molar-refractivity contribution in [1.29, 1.82) is 0 Å². The van der Waals surface area contributed by atoms with Gasteiger partial charge in [0.2, 0.25) is 0 Å². The summed E-state index contributed by atoms with van der Waals surface area (Å²) in [7, 11) is 3.01. The van der Waals surface area contributed by atoms with Crippen LogP contribution in [-0.2, 0) is 28.4 Å². The lowest BCUT2D eigenvalue weighted by molar-refractivity contribution is -0.143. The van der Waals surface area contributed by atoms with E-state index in [-0.39, 0.29) is 18.5 Å². The van der Waals surface area contributed by atoms with Crippen molar-refractivity contribution in [3.63, 3.8) is 0 Å². The van der Waals surface area contributed by atoms with Crippen LogP contribution in [0, 0.1) is 5.92 Å². The number of nitrogens with zero attached hydrogens (tertiary/aromatic N) is 3. The zero-order valence-electron chi connectivity index (χ0n) is 27.1. The maximum atomic E-state index is 13.6. The number of aliphatic hydroxyl groups is 1. The minimum atomic E-state index is -5.04. The number of rotatable bonds is 10. The van der Waals surface area contributed by atoms with Gasteiger partial charge in [0.05, 0.1) is 36.5 Å². The van der Waals surface area contributed by atoms with Crippen LogP contribution >= 0.6 is 0 Å². The van der Waals surface area contributed by atoms with Crippen LogP contribution in [0.1, 0.15) is 72.6 Å². The van der Waals surface area contributed by atoms with Gasteiger partial charge < -0.3 is 24.2 Å². The van der Waals surface area contributed by atoms with Crippen LogP contribution in [0.3, 0.4) is 0 Å². The molecule has 3 aliphatic rings. The predicted molar refractivity (Wildman–Crippen MR) is 167 cm³/mol. The Morgan fingerprint density at radius 3 is 2.18 bits per heavy atom. The monoisotopic (exact) mass is 693 g/mol. The summed E-state index contributed by atoms with van der Waals surface area (Å²) < 4.78 is 98.0.